The molecule has 0 unspecified atom stereocenters. The first-order valence-electron chi connectivity index (χ1n) is 8.82. The topological polar surface area (TPSA) is 98.0 Å². The van der Waals surface area contributed by atoms with Crippen LogP contribution in [0.15, 0.2) is 47.5 Å². The lowest BCUT2D eigenvalue weighted by Crippen LogP contribution is -2.30. The number of aliphatic imine (C=N–C) groups is 1. The zero-order chi connectivity index (χ0) is 19.6. The second kappa shape index (κ2) is 10.1. The molecule has 144 valence electrons. The number of nitrogens with one attached hydrogen (secondary N) is 2. The molecule has 0 spiro atoms. The van der Waals surface area contributed by atoms with Crippen LogP contribution < -0.4 is 25.8 Å². The summed E-state index contributed by atoms with van der Waals surface area (Å²) < 4.78 is 10.9. The number of carbonyl (C=O) groups excluding carboxylic acids is 1. The summed E-state index contributed by atoms with van der Waals surface area (Å²) in [4.78, 5) is 15.9. The summed E-state index contributed by atoms with van der Waals surface area (Å²) in [5, 5.41) is 6.44. The van der Waals surface area contributed by atoms with E-state index in [1.54, 1.807) is 25.3 Å². The van der Waals surface area contributed by atoms with E-state index in [1.807, 2.05) is 38.1 Å². The van der Waals surface area contributed by atoms with Crippen LogP contribution >= 0.6 is 0 Å². The molecule has 0 aliphatic carbocycles. The standard InChI is InChI=1S/C20H26N4O3/c1-4-22-20(23-13-14-7-6-8-15(11-14)19(21)25)24-16-9-10-17(26-3)18(12-16)27-5-2/h6-12H,4-5,13H2,1-3H3,(H2,21,25)(H2,22,23,24). The smallest absolute Gasteiger partial charge is 0.248 e. The minimum absolute atomic E-state index is 0.408. The maximum absolute atomic E-state index is 11.3. The summed E-state index contributed by atoms with van der Waals surface area (Å²) in [6.07, 6.45) is 0. The van der Waals surface area contributed by atoms with Crippen molar-refractivity contribution in [1.29, 1.82) is 0 Å². The highest BCUT2D eigenvalue weighted by Crippen LogP contribution is 2.30. The number of primary amides is 1. The van der Waals surface area contributed by atoms with Gasteiger partial charge in [-0.2, -0.15) is 0 Å². The fourth-order valence-electron chi connectivity index (χ4n) is 2.46. The Morgan fingerprint density at radius 3 is 2.63 bits per heavy atom. The number of nitrogens with two attached hydrogens (primary N) is 1. The number of guanidine groups is 1. The van der Waals surface area contributed by atoms with Crippen LogP contribution in [0.1, 0.15) is 29.8 Å². The van der Waals surface area contributed by atoms with Gasteiger partial charge in [0.15, 0.2) is 17.5 Å². The van der Waals surface area contributed by atoms with Crippen LogP contribution in [0.25, 0.3) is 0 Å². The molecule has 0 aromatic heterocycles. The largest absolute Gasteiger partial charge is 0.493 e. The third-order valence-electron chi connectivity index (χ3n) is 3.70. The molecule has 2 rings (SSSR count). The number of methoxy groups -OCH3 is 1. The zero-order valence-corrected chi connectivity index (χ0v) is 15.9. The van der Waals surface area contributed by atoms with Gasteiger partial charge in [-0.25, -0.2) is 4.99 Å². The molecule has 7 heteroatoms. The SMILES string of the molecule is CCNC(=NCc1cccc(C(N)=O)c1)Nc1ccc(OC)c(OCC)c1. The predicted molar refractivity (Wildman–Crippen MR) is 108 cm³/mol. The van der Waals surface area contributed by atoms with E-state index in [-0.39, 0.29) is 0 Å². The van der Waals surface area contributed by atoms with Crippen molar-refractivity contribution in [3.05, 3.63) is 53.6 Å². The Bertz CT molecular complexity index is 806. The molecule has 4 N–H and O–H groups in total. The molecule has 2 aromatic rings. The van der Waals surface area contributed by atoms with E-state index in [2.05, 4.69) is 15.6 Å². The highest BCUT2D eigenvalue weighted by atomic mass is 16.5. The minimum Gasteiger partial charge on any atom is -0.493 e. The maximum atomic E-state index is 11.3. The molecule has 0 saturated heterocycles. The number of anilines is 1. The number of amides is 1. The average molecular weight is 370 g/mol. The number of nitrogens with zero attached hydrogens (tertiary/aromatic N) is 1. The normalized spacial score (nSPS) is 11.0. The molecular weight excluding hydrogens is 344 g/mol. The predicted octanol–water partition coefficient (Wildman–Crippen LogP) is 2.77. The van der Waals surface area contributed by atoms with Crippen LogP contribution in [0.5, 0.6) is 11.5 Å². The Balaban J connectivity index is 2.17. The lowest BCUT2D eigenvalue weighted by atomic mass is 10.1. The van der Waals surface area contributed by atoms with Crippen LogP contribution in [0, 0.1) is 0 Å². The second-order valence-corrected chi connectivity index (χ2v) is 5.68. The molecule has 0 fully saturated rings. The van der Waals surface area contributed by atoms with Crippen molar-refractivity contribution in [3.8, 4) is 11.5 Å². The molecule has 2 aromatic carbocycles. The Hall–Kier alpha value is -3.22. The van der Waals surface area contributed by atoms with Gasteiger partial charge in [0.1, 0.15) is 0 Å². The van der Waals surface area contributed by atoms with Crippen molar-refractivity contribution in [1.82, 2.24) is 5.32 Å². The van der Waals surface area contributed by atoms with Crippen LogP contribution in [0.2, 0.25) is 0 Å². The summed E-state index contributed by atoms with van der Waals surface area (Å²) in [5.74, 6) is 1.50. The molecule has 0 radical (unpaired) electrons. The van der Waals surface area contributed by atoms with E-state index >= 15 is 0 Å². The molecular formula is C20H26N4O3. The van der Waals surface area contributed by atoms with Crippen LogP contribution in [-0.2, 0) is 6.54 Å². The summed E-state index contributed by atoms with van der Waals surface area (Å²) >= 11 is 0. The summed E-state index contributed by atoms with van der Waals surface area (Å²) in [6, 6.07) is 12.7. The number of carbonyl (C=O) groups is 1. The fourth-order valence-corrected chi connectivity index (χ4v) is 2.46. The summed E-state index contributed by atoms with van der Waals surface area (Å²) in [5.41, 5.74) is 7.52. The van der Waals surface area contributed by atoms with Gasteiger partial charge < -0.3 is 25.8 Å². The molecule has 0 aliphatic rings. The maximum Gasteiger partial charge on any atom is 0.248 e. The Labute approximate surface area is 159 Å². The van der Waals surface area contributed by atoms with Crippen molar-refractivity contribution >= 4 is 17.6 Å². The molecule has 0 saturated carbocycles. The summed E-state index contributed by atoms with van der Waals surface area (Å²) in [6.45, 7) is 5.58. The van der Waals surface area contributed by atoms with Crippen molar-refractivity contribution < 1.29 is 14.3 Å². The van der Waals surface area contributed by atoms with Gasteiger partial charge in [-0.15, -0.1) is 0 Å². The zero-order valence-electron chi connectivity index (χ0n) is 15.9. The first-order valence-corrected chi connectivity index (χ1v) is 8.82. The number of hydrogen-bond donors (Lipinski definition) is 3. The molecule has 27 heavy (non-hydrogen) atoms. The van der Waals surface area contributed by atoms with E-state index in [0.717, 1.165) is 11.3 Å². The molecule has 0 aliphatic heterocycles. The van der Waals surface area contributed by atoms with E-state index < -0.39 is 5.91 Å². The van der Waals surface area contributed by atoms with Crippen molar-refractivity contribution in [2.24, 2.45) is 10.7 Å². The molecule has 7 nitrogen and oxygen atoms in total. The van der Waals surface area contributed by atoms with E-state index in [0.29, 0.717) is 42.7 Å². The first kappa shape index (κ1) is 20.1. The van der Waals surface area contributed by atoms with E-state index in [4.69, 9.17) is 15.2 Å². The third kappa shape index (κ3) is 5.91. The molecule has 0 heterocycles. The molecule has 0 atom stereocenters. The number of hydrogen-bond acceptors (Lipinski definition) is 4. The van der Waals surface area contributed by atoms with Gasteiger partial charge in [-0.05, 0) is 43.7 Å². The van der Waals surface area contributed by atoms with Gasteiger partial charge in [0.05, 0.1) is 20.3 Å². The van der Waals surface area contributed by atoms with Crippen molar-refractivity contribution in [2.45, 2.75) is 20.4 Å². The molecule has 0 bridgehead atoms. The third-order valence-corrected chi connectivity index (χ3v) is 3.70. The van der Waals surface area contributed by atoms with E-state index in [9.17, 15) is 4.79 Å². The fraction of sp³-hybridized carbons (Fsp3) is 0.300. The Kier molecular flexibility index (Phi) is 7.49. The lowest BCUT2D eigenvalue weighted by molar-refractivity contribution is 0.1000. The monoisotopic (exact) mass is 370 g/mol. The van der Waals surface area contributed by atoms with Crippen LogP contribution in [0.3, 0.4) is 0 Å². The van der Waals surface area contributed by atoms with Gasteiger partial charge in [-0.1, -0.05) is 12.1 Å². The lowest BCUT2D eigenvalue weighted by Gasteiger charge is -2.14. The van der Waals surface area contributed by atoms with Gasteiger partial charge in [-0.3, -0.25) is 4.79 Å². The van der Waals surface area contributed by atoms with Gasteiger partial charge in [0, 0.05) is 23.9 Å². The van der Waals surface area contributed by atoms with Crippen LogP contribution in [-0.4, -0.2) is 32.1 Å². The number of ether oxygens (including phenoxy) is 2. The number of benzene rings is 2. The Morgan fingerprint density at radius 2 is 1.96 bits per heavy atom. The van der Waals surface area contributed by atoms with Gasteiger partial charge >= 0.3 is 0 Å². The summed E-state index contributed by atoms with van der Waals surface area (Å²) in [7, 11) is 1.61. The number of rotatable bonds is 8. The first-order chi connectivity index (χ1) is 13.1. The average Bonchev–Trinajstić information content (AvgIpc) is 2.67. The van der Waals surface area contributed by atoms with Crippen molar-refractivity contribution in [2.75, 3.05) is 25.6 Å². The van der Waals surface area contributed by atoms with Crippen molar-refractivity contribution in [3.63, 3.8) is 0 Å². The highest BCUT2D eigenvalue weighted by Gasteiger charge is 2.07. The minimum atomic E-state index is -0.451. The Morgan fingerprint density at radius 1 is 1.15 bits per heavy atom. The van der Waals surface area contributed by atoms with Crippen LogP contribution in [0.4, 0.5) is 5.69 Å². The highest BCUT2D eigenvalue weighted by molar-refractivity contribution is 5.94. The second-order valence-electron chi connectivity index (χ2n) is 5.68. The van der Waals surface area contributed by atoms with E-state index in [1.165, 1.54) is 0 Å². The molecule has 1 amide bonds. The quantitative estimate of drug-likeness (QED) is 0.490. The van der Waals surface area contributed by atoms with Gasteiger partial charge in [0.25, 0.3) is 0 Å². The van der Waals surface area contributed by atoms with Gasteiger partial charge in [0.2, 0.25) is 5.91 Å².